The fourth-order valence-corrected chi connectivity index (χ4v) is 4.29. The standard InChI is InChI=1S/C20H21F3N4O5S/c21-20(22,23)15-13-14(5-6-18(15)32-33(29,30)31)26-10-7-25(8-11-26)9-12-27-17-4-2-1-3-16(17)24-19(27)28/h1-6,13H,7-12H2,(H,24,28)(H,29,30,31). The number of aromatic amines is 1. The van der Waals surface area contributed by atoms with Gasteiger partial charge in [-0.2, -0.15) is 21.6 Å². The zero-order valence-corrected chi connectivity index (χ0v) is 18.1. The van der Waals surface area contributed by atoms with Crippen molar-refractivity contribution in [2.24, 2.45) is 0 Å². The van der Waals surface area contributed by atoms with Gasteiger partial charge in [-0.05, 0) is 30.3 Å². The number of fused-ring (bicyclic) bond motifs is 1. The van der Waals surface area contributed by atoms with Crippen molar-refractivity contribution >= 4 is 27.1 Å². The molecule has 2 N–H and O–H groups in total. The number of imidazole rings is 1. The molecule has 0 unspecified atom stereocenters. The molecule has 1 saturated heterocycles. The maximum absolute atomic E-state index is 13.4. The number of H-pyrrole nitrogens is 1. The summed E-state index contributed by atoms with van der Waals surface area (Å²) in [5.74, 6) is -0.989. The van der Waals surface area contributed by atoms with Crippen molar-refractivity contribution in [2.75, 3.05) is 37.6 Å². The smallest absolute Gasteiger partial charge is 0.369 e. The third-order valence-corrected chi connectivity index (χ3v) is 5.91. The van der Waals surface area contributed by atoms with Crippen LogP contribution in [0.3, 0.4) is 0 Å². The van der Waals surface area contributed by atoms with Gasteiger partial charge in [0.05, 0.1) is 11.0 Å². The van der Waals surface area contributed by atoms with Crippen molar-refractivity contribution in [3.8, 4) is 5.75 Å². The number of halogens is 3. The first-order chi connectivity index (χ1) is 15.5. The second kappa shape index (κ2) is 8.72. The highest BCUT2D eigenvalue weighted by Gasteiger charge is 2.36. The lowest BCUT2D eigenvalue weighted by Crippen LogP contribution is -2.47. The highest BCUT2D eigenvalue weighted by atomic mass is 32.3. The maximum Gasteiger partial charge on any atom is 0.446 e. The first-order valence-electron chi connectivity index (χ1n) is 10.0. The van der Waals surface area contributed by atoms with Crippen molar-refractivity contribution in [2.45, 2.75) is 12.7 Å². The highest BCUT2D eigenvalue weighted by Crippen LogP contribution is 2.39. The molecular weight excluding hydrogens is 465 g/mol. The first kappa shape index (κ1) is 23.1. The summed E-state index contributed by atoms with van der Waals surface area (Å²) < 4.78 is 76.4. The van der Waals surface area contributed by atoms with Crippen LogP contribution in [0.4, 0.5) is 18.9 Å². The van der Waals surface area contributed by atoms with E-state index in [-0.39, 0.29) is 11.4 Å². The molecule has 0 atom stereocenters. The molecule has 0 amide bonds. The van der Waals surface area contributed by atoms with Crippen LogP contribution in [0.5, 0.6) is 5.75 Å². The lowest BCUT2D eigenvalue weighted by molar-refractivity contribution is -0.138. The molecule has 1 fully saturated rings. The largest absolute Gasteiger partial charge is 0.446 e. The molecule has 0 saturated carbocycles. The molecule has 0 aliphatic carbocycles. The number of nitrogens with one attached hydrogen (secondary N) is 1. The number of anilines is 1. The van der Waals surface area contributed by atoms with E-state index in [9.17, 15) is 26.4 Å². The predicted molar refractivity (Wildman–Crippen MR) is 115 cm³/mol. The van der Waals surface area contributed by atoms with Gasteiger partial charge < -0.3 is 14.1 Å². The second-order valence-corrected chi connectivity index (χ2v) is 8.64. The summed E-state index contributed by atoms with van der Waals surface area (Å²) in [6, 6.07) is 10.4. The van der Waals surface area contributed by atoms with E-state index in [1.807, 2.05) is 24.3 Å². The Labute approximate surface area is 186 Å². The number of benzene rings is 2. The van der Waals surface area contributed by atoms with Gasteiger partial charge in [0.25, 0.3) is 0 Å². The zero-order valence-electron chi connectivity index (χ0n) is 17.2. The number of nitrogens with zero attached hydrogens (tertiary/aromatic N) is 3. The number of alkyl halides is 3. The predicted octanol–water partition coefficient (Wildman–Crippen LogP) is 2.35. The minimum Gasteiger partial charge on any atom is -0.369 e. The Morgan fingerprint density at radius 3 is 2.39 bits per heavy atom. The van der Waals surface area contributed by atoms with Crippen LogP contribution in [0.2, 0.25) is 0 Å². The fourth-order valence-electron chi connectivity index (χ4n) is 3.92. The average molecular weight is 486 g/mol. The van der Waals surface area contributed by atoms with Gasteiger partial charge in [-0.3, -0.25) is 14.0 Å². The molecule has 4 rings (SSSR count). The number of aromatic nitrogens is 2. The van der Waals surface area contributed by atoms with E-state index in [1.54, 1.807) is 9.47 Å². The Kier molecular flexibility index (Phi) is 6.12. The molecule has 0 bridgehead atoms. The number of para-hydroxylation sites is 2. The van der Waals surface area contributed by atoms with E-state index in [2.05, 4.69) is 14.1 Å². The molecule has 2 aromatic carbocycles. The summed E-state index contributed by atoms with van der Waals surface area (Å²) in [6.07, 6.45) is -4.87. The van der Waals surface area contributed by atoms with Gasteiger partial charge in [0, 0.05) is 45.0 Å². The van der Waals surface area contributed by atoms with E-state index in [1.165, 1.54) is 6.07 Å². The van der Waals surface area contributed by atoms with E-state index in [0.717, 1.165) is 23.2 Å². The van der Waals surface area contributed by atoms with Gasteiger partial charge in [0.15, 0.2) is 5.75 Å². The summed E-state index contributed by atoms with van der Waals surface area (Å²) >= 11 is 0. The molecule has 1 aromatic heterocycles. The van der Waals surface area contributed by atoms with Crippen LogP contribution >= 0.6 is 0 Å². The van der Waals surface area contributed by atoms with Crippen LogP contribution in [0.1, 0.15) is 5.56 Å². The quantitative estimate of drug-likeness (QED) is 0.515. The summed E-state index contributed by atoms with van der Waals surface area (Å²) in [5.41, 5.74) is 0.347. The molecule has 9 nitrogen and oxygen atoms in total. The summed E-state index contributed by atoms with van der Waals surface area (Å²) in [4.78, 5) is 18.9. The summed E-state index contributed by atoms with van der Waals surface area (Å²) in [6.45, 7) is 3.11. The lowest BCUT2D eigenvalue weighted by atomic mass is 10.1. The highest BCUT2D eigenvalue weighted by molar-refractivity contribution is 7.81. The molecule has 1 aliphatic heterocycles. The van der Waals surface area contributed by atoms with E-state index >= 15 is 0 Å². The van der Waals surface area contributed by atoms with Gasteiger partial charge in [0.2, 0.25) is 0 Å². The maximum atomic E-state index is 13.4. The van der Waals surface area contributed by atoms with Gasteiger partial charge in [0.1, 0.15) is 5.56 Å². The average Bonchev–Trinajstić information content (AvgIpc) is 3.06. The number of hydrogen-bond donors (Lipinski definition) is 2. The van der Waals surface area contributed by atoms with Crippen molar-refractivity contribution in [1.29, 1.82) is 0 Å². The normalized spacial score (nSPS) is 15.8. The van der Waals surface area contributed by atoms with E-state index in [4.69, 9.17) is 4.55 Å². The fraction of sp³-hybridized carbons (Fsp3) is 0.350. The minimum absolute atomic E-state index is 0.193. The second-order valence-electron chi connectivity index (χ2n) is 7.62. The van der Waals surface area contributed by atoms with Gasteiger partial charge in [-0.1, -0.05) is 12.1 Å². The number of hydrogen-bond acceptors (Lipinski definition) is 6. The third-order valence-electron chi connectivity index (χ3n) is 5.52. The van der Waals surface area contributed by atoms with Gasteiger partial charge >= 0.3 is 22.3 Å². The SMILES string of the molecule is O=c1[nH]c2ccccc2n1CCN1CCN(c2ccc(OS(=O)(=O)O)c(C(F)(F)F)c2)CC1. The van der Waals surface area contributed by atoms with Crippen LogP contribution in [-0.4, -0.2) is 60.1 Å². The van der Waals surface area contributed by atoms with Gasteiger partial charge in [-0.25, -0.2) is 4.79 Å². The Morgan fingerprint density at radius 2 is 1.73 bits per heavy atom. The monoisotopic (exact) mass is 486 g/mol. The molecule has 0 spiro atoms. The minimum atomic E-state index is -5.09. The topological polar surface area (TPSA) is 108 Å². The third kappa shape index (κ3) is 5.31. The first-order valence-corrected chi connectivity index (χ1v) is 11.4. The Balaban J connectivity index is 1.42. The summed E-state index contributed by atoms with van der Waals surface area (Å²) in [5, 5.41) is 0. The lowest BCUT2D eigenvalue weighted by Gasteiger charge is -2.36. The zero-order chi connectivity index (χ0) is 23.8. The molecule has 3 aromatic rings. The molecule has 0 radical (unpaired) electrons. The van der Waals surface area contributed by atoms with Gasteiger partial charge in [-0.15, -0.1) is 0 Å². The molecule has 13 heteroatoms. The molecule has 1 aliphatic rings. The number of rotatable bonds is 6. The van der Waals surface area contributed by atoms with Crippen molar-refractivity contribution in [1.82, 2.24) is 14.5 Å². The molecule has 178 valence electrons. The van der Waals surface area contributed by atoms with E-state index < -0.39 is 27.9 Å². The van der Waals surface area contributed by atoms with Crippen molar-refractivity contribution in [3.63, 3.8) is 0 Å². The van der Waals surface area contributed by atoms with Crippen LogP contribution in [0.15, 0.2) is 47.3 Å². The Morgan fingerprint density at radius 1 is 1.03 bits per heavy atom. The molecular formula is C20H21F3N4O5S. The van der Waals surface area contributed by atoms with Crippen LogP contribution in [-0.2, 0) is 23.1 Å². The Hall–Kier alpha value is -3.03. The Bertz CT molecular complexity index is 1310. The van der Waals surface area contributed by atoms with Crippen molar-refractivity contribution < 1.29 is 30.3 Å². The van der Waals surface area contributed by atoms with Crippen molar-refractivity contribution in [3.05, 3.63) is 58.5 Å². The molecule has 2 heterocycles. The van der Waals surface area contributed by atoms with Crippen LogP contribution in [0.25, 0.3) is 11.0 Å². The van der Waals surface area contributed by atoms with Crippen LogP contribution in [0, 0.1) is 0 Å². The van der Waals surface area contributed by atoms with E-state index in [0.29, 0.717) is 39.3 Å². The number of piperazine rings is 1. The van der Waals surface area contributed by atoms with Crippen LogP contribution < -0.4 is 14.8 Å². The summed E-state index contributed by atoms with van der Waals surface area (Å²) in [7, 11) is -5.09. The molecule has 33 heavy (non-hydrogen) atoms.